The maximum atomic E-state index is 10.7. The smallest absolute Gasteiger partial charge is 0.309 e. The van der Waals surface area contributed by atoms with E-state index in [1.807, 2.05) is 0 Å². The van der Waals surface area contributed by atoms with Crippen LogP contribution in [0.5, 0.6) is 0 Å². The van der Waals surface area contributed by atoms with E-state index in [1.54, 1.807) is 0 Å². The Morgan fingerprint density at radius 2 is 2.47 bits per heavy atom. The topological polar surface area (TPSA) is 93.6 Å². The van der Waals surface area contributed by atoms with E-state index in [1.165, 1.54) is 6.20 Å². The molecule has 0 amide bonds. The van der Waals surface area contributed by atoms with E-state index in [4.69, 9.17) is 9.47 Å². The number of aromatic amines is 1. The van der Waals surface area contributed by atoms with Crippen LogP contribution in [0.1, 0.15) is 18.5 Å². The summed E-state index contributed by atoms with van der Waals surface area (Å²) in [5.74, 6) is 0. The molecule has 7 heteroatoms. The minimum atomic E-state index is -0.425. The fourth-order valence-corrected chi connectivity index (χ4v) is 2.30. The van der Waals surface area contributed by atoms with Crippen LogP contribution in [0.3, 0.4) is 0 Å². The zero-order valence-electron chi connectivity index (χ0n) is 9.17. The standard InChI is InChI=1S/C10H13N3O4/c14-13(15)8-5-11-12-7(8)3-6-4-10-9(17-10)1-2-16-6/h5-6,9-10H,1-4H2,(H,11,12). The molecule has 2 aliphatic heterocycles. The van der Waals surface area contributed by atoms with Crippen molar-refractivity contribution in [2.24, 2.45) is 0 Å². The maximum Gasteiger partial charge on any atom is 0.309 e. The van der Waals surface area contributed by atoms with Crippen LogP contribution in [0.15, 0.2) is 6.20 Å². The lowest BCUT2D eigenvalue weighted by atomic mass is 10.1. The molecule has 17 heavy (non-hydrogen) atoms. The molecule has 3 unspecified atom stereocenters. The fraction of sp³-hybridized carbons (Fsp3) is 0.700. The van der Waals surface area contributed by atoms with Crippen LogP contribution in [0.4, 0.5) is 5.69 Å². The van der Waals surface area contributed by atoms with E-state index < -0.39 is 4.92 Å². The molecule has 0 bridgehead atoms. The third-order valence-corrected chi connectivity index (χ3v) is 3.26. The van der Waals surface area contributed by atoms with Crippen molar-refractivity contribution >= 4 is 5.69 Å². The fourth-order valence-electron chi connectivity index (χ4n) is 2.30. The first kappa shape index (κ1) is 10.7. The molecule has 0 aliphatic carbocycles. The van der Waals surface area contributed by atoms with Crippen molar-refractivity contribution in [3.8, 4) is 0 Å². The molecule has 2 fully saturated rings. The highest BCUT2D eigenvalue weighted by molar-refractivity contribution is 5.32. The lowest BCUT2D eigenvalue weighted by molar-refractivity contribution is -0.385. The molecule has 3 rings (SSSR count). The van der Waals surface area contributed by atoms with Crippen LogP contribution < -0.4 is 0 Å². The van der Waals surface area contributed by atoms with Gasteiger partial charge in [-0.05, 0) is 6.42 Å². The number of aromatic nitrogens is 2. The van der Waals surface area contributed by atoms with Gasteiger partial charge in [-0.2, -0.15) is 5.10 Å². The van der Waals surface area contributed by atoms with Gasteiger partial charge in [0, 0.05) is 19.4 Å². The first-order valence-corrected chi connectivity index (χ1v) is 5.67. The van der Waals surface area contributed by atoms with Crippen LogP contribution in [0.2, 0.25) is 0 Å². The molecule has 92 valence electrons. The van der Waals surface area contributed by atoms with Crippen LogP contribution >= 0.6 is 0 Å². The van der Waals surface area contributed by atoms with Crippen LogP contribution in [0, 0.1) is 10.1 Å². The second-order valence-corrected chi connectivity index (χ2v) is 4.43. The van der Waals surface area contributed by atoms with Crippen molar-refractivity contribution in [3.63, 3.8) is 0 Å². The van der Waals surface area contributed by atoms with E-state index >= 15 is 0 Å². The van der Waals surface area contributed by atoms with Gasteiger partial charge in [0.25, 0.3) is 0 Å². The third kappa shape index (κ3) is 2.16. The molecule has 0 spiro atoms. The van der Waals surface area contributed by atoms with Gasteiger partial charge < -0.3 is 9.47 Å². The van der Waals surface area contributed by atoms with Crippen molar-refractivity contribution in [2.45, 2.75) is 37.6 Å². The summed E-state index contributed by atoms with van der Waals surface area (Å²) < 4.78 is 11.1. The van der Waals surface area contributed by atoms with E-state index in [0.29, 0.717) is 24.8 Å². The van der Waals surface area contributed by atoms with Gasteiger partial charge in [-0.3, -0.25) is 15.2 Å². The maximum absolute atomic E-state index is 10.7. The minimum absolute atomic E-state index is 0.0216. The van der Waals surface area contributed by atoms with E-state index in [0.717, 1.165) is 12.8 Å². The largest absolute Gasteiger partial charge is 0.378 e. The number of H-pyrrole nitrogens is 1. The Bertz CT molecular complexity index is 433. The minimum Gasteiger partial charge on any atom is -0.378 e. The van der Waals surface area contributed by atoms with Crippen molar-refractivity contribution in [2.75, 3.05) is 6.61 Å². The van der Waals surface area contributed by atoms with Gasteiger partial charge in [0.15, 0.2) is 0 Å². The van der Waals surface area contributed by atoms with Crippen LogP contribution in [0.25, 0.3) is 0 Å². The molecule has 2 aliphatic rings. The zero-order valence-corrected chi connectivity index (χ0v) is 9.17. The number of hydrogen-bond donors (Lipinski definition) is 1. The van der Waals surface area contributed by atoms with Crippen LogP contribution in [-0.4, -0.2) is 40.0 Å². The molecule has 1 aromatic rings. The average molecular weight is 239 g/mol. The number of nitrogens with one attached hydrogen (secondary N) is 1. The number of rotatable bonds is 3. The summed E-state index contributed by atoms with van der Waals surface area (Å²) in [6.45, 7) is 0.660. The number of epoxide rings is 1. The summed E-state index contributed by atoms with van der Waals surface area (Å²) in [6, 6.07) is 0. The number of fused-ring (bicyclic) bond motifs is 1. The summed E-state index contributed by atoms with van der Waals surface area (Å²) in [7, 11) is 0. The number of nitro groups is 1. The second kappa shape index (κ2) is 4.08. The van der Waals surface area contributed by atoms with Crippen LogP contribution in [-0.2, 0) is 15.9 Å². The summed E-state index contributed by atoms with van der Waals surface area (Å²) in [4.78, 5) is 10.3. The number of ether oxygens (including phenoxy) is 2. The van der Waals surface area contributed by atoms with Gasteiger partial charge in [0.1, 0.15) is 11.9 Å². The first-order valence-electron chi connectivity index (χ1n) is 5.67. The molecule has 7 nitrogen and oxygen atoms in total. The number of nitrogens with zero attached hydrogens (tertiary/aromatic N) is 2. The lowest BCUT2D eigenvalue weighted by Gasteiger charge is -2.13. The Balaban J connectivity index is 1.68. The average Bonchev–Trinajstić information content (AvgIpc) is 2.85. The van der Waals surface area contributed by atoms with Crippen molar-refractivity contribution < 1.29 is 14.4 Å². The molecule has 1 N–H and O–H groups in total. The monoisotopic (exact) mass is 239 g/mol. The molecule has 0 aromatic carbocycles. The normalized spacial score (nSPS) is 31.6. The summed E-state index contributed by atoms with van der Waals surface area (Å²) >= 11 is 0. The first-order chi connectivity index (χ1) is 8.24. The highest BCUT2D eigenvalue weighted by atomic mass is 16.6. The Hall–Kier alpha value is -1.47. The second-order valence-electron chi connectivity index (χ2n) is 4.43. The predicted octanol–water partition coefficient (Wildman–Crippen LogP) is 0.807. The van der Waals surface area contributed by atoms with E-state index in [-0.39, 0.29) is 17.9 Å². The van der Waals surface area contributed by atoms with Crippen molar-refractivity contribution in [3.05, 3.63) is 22.0 Å². The highest BCUT2D eigenvalue weighted by Crippen LogP contribution is 2.34. The van der Waals surface area contributed by atoms with Crippen molar-refractivity contribution in [1.82, 2.24) is 10.2 Å². The molecular formula is C10H13N3O4. The van der Waals surface area contributed by atoms with Gasteiger partial charge in [0.2, 0.25) is 0 Å². The molecule has 0 saturated carbocycles. The molecule has 3 atom stereocenters. The van der Waals surface area contributed by atoms with Gasteiger partial charge >= 0.3 is 5.69 Å². The molecule has 1 aromatic heterocycles. The summed E-state index contributed by atoms with van der Waals surface area (Å²) in [5.41, 5.74) is 0.560. The van der Waals surface area contributed by atoms with Gasteiger partial charge in [-0.15, -0.1) is 0 Å². The third-order valence-electron chi connectivity index (χ3n) is 3.26. The SMILES string of the molecule is O=[N+]([O-])c1cn[nH]c1CC1CC2OC2CCO1. The van der Waals surface area contributed by atoms with Crippen molar-refractivity contribution in [1.29, 1.82) is 0 Å². The Kier molecular flexibility index (Phi) is 2.56. The van der Waals surface area contributed by atoms with Gasteiger partial charge in [-0.25, -0.2) is 0 Å². The van der Waals surface area contributed by atoms with Gasteiger partial charge in [-0.1, -0.05) is 0 Å². The molecular weight excluding hydrogens is 226 g/mol. The lowest BCUT2D eigenvalue weighted by Crippen LogP contribution is -2.18. The highest BCUT2D eigenvalue weighted by Gasteiger charge is 2.42. The van der Waals surface area contributed by atoms with E-state index in [2.05, 4.69) is 10.2 Å². The van der Waals surface area contributed by atoms with Gasteiger partial charge in [0.05, 0.1) is 23.2 Å². The Morgan fingerprint density at radius 1 is 1.59 bits per heavy atom. The quantitative estimate of drug-likeness (QED) is 0.478. The summed E-state index contributed by atoms with van der Waals surface area (Å²) in [5, 5.41) is 17.1. The molecule has 0 radical (unpaired) electrons. The number of hydrogen-bond acceptors (Lipinski definition) is 5. The summed E-state index contributed by atoms with van der Waals surface area (Å²) in [6.07, 6.45) is 4.06. The van der Waals surface area contributed by atoms with E-state index in [9.17, 15) is 10.1 Å². The Labute approximate surface area is 97.3 Å². The predicted molar refractivity (Wildman–Crippen MR) is 56.6 cm³/mol. The molecule has 2 saturated heterocycles. The molecule has 3 heterocycles. The zero-order chi connectivity index (χ0) is 11.8. The Morgan fingerprint density at radius 3 is 3.29 bits per heavy atom.